The number of amides is 1. The minimum absolute atomic E-state index is 0.00401. The fourth-order valence-corrected chi connectivity index (χ4v) is 3.61. The average Bonchev–Trinajstić information content (AvgIpc) is 2.99. The van der Waals surface area contributed by atoms with Gasteiger partial charge in [0.05, 0.1) is 10.2 Å². The minimum atomic E-state index is -0.00401. The number of hydrogen-bond acceptors (Lipinski definition) is 2. The Hall–Kier alpha value is -2.07. The number of nitrogens with one attached hydrogen (secondary N) is 1. The molecule has 0 spiro atoms. The summed E-state index contributed by atoms with van der Waals surface area (Å²) in [6.45, 7) is 7.48. The summed E-state index contributed by atoms with van der Waals surface area (Å²) < 4.78 is 3.29. The van der Waals surface area contributed by atoms with Crippen molar-refractivity contribution in [1.29, 1.82) is 0 Å². The van der Waals surface area contributed by atoms with Crippen molar-refractivity contribution >= 4 is 27.5 Å². The predicted octanol–water partition coefficient (Wildman–Crippen LogP) is 4.12. The van der Waals surface area contributed by atoms with Gasteiger partial charge < -0.3 is 9.88 Å². The number of nitrogens with zero attached hydrogens (tertiary/aromatic N) is 1. The Morgan fingerprint density at radius 1 is 1.18 bits per heavy atom. The van der Waals surface area contributed by atoms with E-state index in [9.17, 15) is 4.79 Å². The lowest BCUT2D eigenvalue weighted by Gasteiger charge is -2.10. The SMILES string of the molecule is CCNC(=O)c1cc2sc(C)cc2n1Cc1ccc(C)cc1. The first-order chi connectivity index (χ1) is 10.6. The molecule has 0 atom stereocenters. The third-order valence-electron chi connectivity index (χ3n) is 3.74. The highest BCUT2D eigenvalue weighted by Crippen LogP contribution is 2.29. The van der Waals surface area contributed by atoms with Crippen LogP contribution in [0.2, 0.25) is 0 Å². The normalized spacial score (nSPS) is 11.0. The maximum atomic E-state index is 12.3. The van der Waals surface area contributed by atoms with E-state index in [1.807, 2.05) is 13.0 Å². The van der Waals surface area contributed by atoms with Crippen molar-refractivity contribution in [2.75, 3.05) is 6.54 Å². The molecule has 0 fully saturated rings. The summed E-state index contributed by atoms with van der Waals surface area (Å²) in [5.74, 6) is -0.00401. The van der Waals surface area contributed by atoms with Gasteiger partial charge in [-0.3, -0.25) is 4.79 Å². The third-order valence-corrected chi connectivity index (χ3v) is 4.73. The zero-order chi connectivity index (χ0) is 15.7. The van der Waals surface area contributed by atoms with Crippen molar-refractivity contribution in [3.8, 4) is 0 Å². The Morgan fingerprint density at radius 2 is 1.91 bits per heavy atom. The average molecular weight is 312 g/mol. The molecule has 2 heterocycles. The van der Waals surface area contributed by atoms with Crippen molar-refractivity contribution < 1.29 is 4.79 Å². The molecule has 3 rings (SSSR count). The first-order valence-corrected chi connectivity index (χ1v) is 8.33. The van der Waals surface area contributed by atoms with Crippen LogP contribution in [-0.2, 0) is 6.54 Å². The van der Waals surface area contributed by atoms with E-state index in [0.29, 0.717) is 13.1 Å². The Kier molecular flexibility index (Phi) is 4.03. The molecule has 114 valence electrons. The molecular weight excluding hydrogens is 292 g/mol. The smallest absolute Gasteiger partial charge is 0.267 e. The van der Waals surface area contributed by atoms with Crippen LogP contribution in [0.5, 0.6) is 0 Å². The van der Waals surface area contributed by atoms with E-state index < -0.39 is 0 Å². The van der Waals surface area contributed by atoms with E-state index in [1.54, 1.807) is 11.3 Å². The molecule has 0 saturated carbocycles. The standard InChI is InChI=1S/C18H20N2OS/c1-4-19-18(21)16-10-17-15(9-13(3)22-17)20(16)11-14-7-5-12(2)6-8-14/h5-10H,4,11H2,1-3H3,(H,19,21). The van der Waals surface area contributed by atoms with Crippen LogP contribution in [0.25, 0.3) is 10.2 Å². The number of fused-ring (bicyclic) bond motifs is 1. The summed E-state index contributed by atoms with van der Waals surface area (Å²) in [5.41, 5.74) is 4.34. The summed E-state index contributed by atoms with van der Waals surface area (Å²) >= 11 is 1.73. The lowest BCUT2D eigenvalue weighted by Crippen LogP contribution is -2.25. The predicted molar refractivity (Wildman–Crippen MR) is 92.8 cm³/mol. The zero-order valence-corrected chi connectivity index (χ0v) is 14.0. The van der Waals surface area contributed by atoms with E-state index in [1.165, 1.54) is 20.7 Å². The van der Waals surface area contributed by atoms with Crippen LogP contribution >= 0.6 is 11.3 Å². The maximum Gasteiger partial charge on any atom is 0.267 e. The summed E-state index contributed by atoms with van der Waals surface area (Å²) in [7, 11) is 0. The van der Waals surface area contributed by atoms with Gasteiger partial charge in [-0.25, -0.2) is 0 Å². The number of carbonyl (C=O) groups is 1. The second kappa shape index (κ2) is 5.97. The van der Waals surface area contributed by atoms with E-state index in [0.717, 1.165) is 11.2 Å². The van der Waals surface area contributed by atoms with Crippen LogP contribution in [0.15, 0.2) is 36.4 Å². The fraction of sp³-hybridized carbons (Fsp3) is 0.278. The van der Waals surface area contributed by atoms with Gasteiger partial charge in [0.15, 0.2) is 0 Å². The van der Waals surface area contributed by atoms with Crippen molar-refractivity contribution in [1.82, 2.24) is 9.88 Å². The summed E-state index contributed by atoms with van der Waals surface area (Å²) in [6.07, 6.45) is 0. The van der Waals surface area contributed by atoms with Gasteiger partial charge in [-0.05, 0) is 38.5 Å². The van der Waals surface area contributed by atoms with Gasteiger partial charge >= 0.3 is 0 Å². The molecule has 0 saturated heterocycles. The van der Waals surface area contributed by atoms with Crippen LogP contribution < -0.4 is 5.32 Å². The quantitative estimate of drug-likeness (QED) is 0.772. The Bertz CT molecular complexity index is 812. The molecule has 22 heavy (non-hydrogen) atoms. The maximum absolute atomic E-state index is 12.3. The van der Waals surface area contributed by atoms with Crippen molar-refractivity contribution in [2.24, 2.45) is 0 Å². The lowest BCUT2D eigenvalue weighted by molar-refractivity contribution is 0.0947. The molecule has 2 aromatic heterocycles. The van der Waals surface area contributed by atoms with Crippen LogP contribution in [-0.4, -0.2) is 17.0 Å². The van der Waals surface area contributed by atoms with E-state index in [2.05, 4.69) is 54.1 Å². The number of hydrogen-bond donors (Lipinski definition) is 1. The summed E-state index contributed by atoms with van der Waals surface area (Å²) in [6, 6.07) is 12.6. The van der Waals surface area contributed by atoms with Crippen molar-refractivity contribution in [3.63, 3.8) is 0 Å². The van der Waals surface area contributed by atoms with Crippen LogP contribution in [0, 0.1) is 13.8 Å². The fourth-order valence-electron chi connectivity index (χ4n) is 2.65. The number of carbonyl (C=O) groups excluding carboxylic acids is 1. The third kappa shape index (κ3) is 2.79. The van der Waals surface area contributed by atoms with Crippen LogP contribution in [0.3, 0.4) is 0 Å². The molecule has 0 aliphatic heterocycles. The first-order valence-electron chi connectivity index (χ1n) is 7.52. The molecule has 0 bridgehead atoms. The second-order valence-corrected chi connectivity index (χ2v) is 6.86. The lowest BCUT2D eigenvalue weighted by atomic mass is 10.1. The number of thiophene rings is 1. The highest BCUT2D eigenvalue weighted by atomic mass is 32.1. The molecule has 0 aliphatic carbocycles. The molecule has 1 aromatic carbocycles. The molecular formula is C18H20N2OS. The number of aromatic nitrogens is 1. The van der Waals surface area contributed by atoms with Gasteiger partial charge in [-0.1, -0.05) is 29.8 Å². The zero-order valence-electron chi connectivity index (χ0n) is 13.1. The molecule has 0 radical (unpaired) electrons. The molecule has 0 unspecified atom stereocenters. The van der Waals surface area contributed by atoms with Crippen LogP contribution in [0.1, 0.15) is 33.4 Å². The van der Waals surface area contributed by atoms with Crippen LogP contribution in [0.4, 0.5) is 0 Å². The summed E-state index contributed by atoms with van der Waals surface area (Å²) in [5, 5.41) is 2.91. The number of benzene rings is 1. The van der Waals surface area contributed by atoms with Gasteiger partial charge in [0.25, 0.3) is 5.91 Å². The highest BCUT2D eigenvalue weighted by molar-refractivity contribution is 7.19. The monoisotopic (exact) mass is 312 g/mol. The van der Waals surface area contributed by atoms with Crippen molar-refractivity contribution in [2.45, 2.75) is 27.3 Å². The molecule has 0 aliphatic rings. The topological polar surface area (TPSA) is 34.0 Å². The van der Waals surface area contributed by atoms with Gasteiger partial charge in [0, 0.05) is 18.0 Å². The van der Waals surface area contributed by atoms with Crippen molar-refractivity contribution in [3.05, 3.63) is 58.1 Å². The van der Waals surface area contributed by atoms with Gasteiger partial charge in [0.1, 0.15) is 5.69 Å². The highest BCUT2D eigenvalue weighted by Gasteiger charge is 2.17. The molecule has 4 heteroatoms. The molecule has 1 N–H and O–H groups in total. The summed E-state index contributed by atoms with van der Waals surface area (Å²) in [4.78, 5) is 13.6. The number of aryl methyl sites for hydroxylation is 2. The largest absolute Gasteiger partial charge is 0.351 e. The first kappa shape index (κ1) is 14.9. The Balaban J connectivity index is 2.05. The van der Waals surface area contributed by atoms with E-state index >= 15 is 0 Å². The van der Waals surface area contributed by atoms with Gasteiger partial charge in [-0.15, -0.1) is 11.3 Å². The molecule has 1 amide bonds. The molecule has 3 nitrogen and oxygen atoms in total. The second-order valence-electron chi connectivity index (χ2n) is 5.57. The van der Waals surface area contributed by atoms with E-state index in [4.69, 9.17) is 0 Å². The Labute approximate surface area is 134 Å². The van der Waals surface area contributed by atoms with Gasteiger partial charge in [-0.2, -0.15) is 0 Å². The molecule has 3 aromatic rings. The van der Waals surface area contributed by atoms with Gasteiger partial charge in [0.2, 0.25) is 0 Å². The minimum Gasteiger partial charge on any atom is -0.351 e. The number of rotatable bonds is 4. The Morgan fingerprint density at radius 3 is 2.59 bits per heavy atom. The van der Waals surface area contributed by atoms with E-state index in [-0.39, 0.29) is 5.91 Å².